The summed E-state index contributed by atoms with van der Waals surface area (Å²) in [6.45, 7) is 3.72. The molecule has 15 heavy (non-hydrogen) atoms. The van der Waals surface area contributed by atoms with E-state index in [1.54, 1.807) is 18.2 Å². The van der Waals surface area contributed by atoms with Crippen LogP contribution in [0.4, 0.5) is 5.69 Å². The zero-order chi connectivity index (χ0) is 11.6. The van der Waals surface area contributed by atoms with Gasteiger partial charge in [0.2, 0.25) is 0 Å². The van der Waals surface area contributed by atoms with Gasteiger partial charge in [-0.2, -0.15) is 0 Å². The van der Waals surface area contributed by atoms with Crippen LogP contribution in [0, 0.1) is 6.92 Å². The van der Waals surface area contributed by atoms with E-state index in [-0.39, 0.29) is 0 Å². The van der Waals surface area contributed by atoms with Crippen molar-refractivity contribution in [3.63, 3.8) is 0 Å². The van der Waals surface area contributed by atoms with Crippen LogP contribution in [0.3, 0.4) is 0 Å². The molecule has 0 saturated carbocycles. The van der Waals surface area contributed by atoms with Crippen molar-refractivity contribution in [3.8, 4) is 0 Å². The molecule has 5 heteroatoms. The van der Waals surface area contributed by atoms with Crippen molar-refractivity contribution in [2.45, 2.75) is 25.5 Å². The molecule has 0 saturated heterocycles. The molecule has 2 unspecified atom stereocenters. The number of aryl methyl sites for hydroxylation is 1. The maximum Gasteiger partial charge on any atom is 0.148 e. The minimum Gasteiger partial charge on any atom is -0.399 e. The van der Waals surface area contributed by atoms with Crippen LogP contribution in [0.1, 0.15) is 29.7 Å². The fourth-order valence-electron chi connectivity index (χ4n) is 1.65. The normalized spacial score (nSPS) is 17.0. The van der Waals surface area contributed by atoms with E-state index in [0.717, 1.165) is 11.1 Å². The fourth-order valence-corrected chi connectivity index (χ4v) is 3.38. The van der Waals surface area contributed by atoms with E-state index >= 15 is 0 Å². The first kappa shape index (κ1) is 12.4. The van der Waals surface area contributed by atoms with Crippen LogP contribution in [-0.4, -0.2) is 8.76 Å². The van der Waals surface area contributed by atoms with E-state index in [1.807, 2.05) is 13.8 Å². The zero-order valence-electron chi connectivity index (χ0n) is 8.77. The molecule has 0 amide bonds. The van der Waals surface area contributed by atoms with Gasteiger partial charge in [0.15, 0.2) is 0 Å². The van der Waals surface area contributed by atoms with Gasteiger partial charge in [0, 0.05) is 16.9 Å². The summed E-state index contributed by atoms with van der Waals surface area (Å²) >= 11 is 4.63. The Morgan fingerprint density at radius 3 is 2.60 bits per heavy atom. The molecule has 1 aromatic carbocycles. The third-order valence-corrected chi connectivity index (χ3v) is 4.37. The first-order valence-corrected chi connectivity index (χ1v) is 7.19. The molecule has 0 aliphatic heterocycles. The second kappa shape index (κ2) is 4.47. The topological polar surface area (TPSA) is 63.3 Å². The molecule has 84 valence electrons. The number of hydrogen-bond acceptors (Lipinski definition) is 3. The Bertz CT molecular complexity index is 454. The van der Waals surface area contributed by atoms with Crippen molar-refractivity contribution >= 4 is 25.6 Å². The Labute approximate surface area is 95.2 Å². The van der Waals surface area contributed by atoms with Gasteiger partial charge in [0.1, 0.15) is 8.77 Å². The predicted octanol–water partition coefficient (Wildman–Crippen LogP) is 2.25. The lowest BCUT2D eigenvalue weighted by atomic mass is 10.0. The van der Waals surface area contributed by atoms with Crippen LogP contribution in [0.5, 0.6) is 0 Å². The van der Waals surface area contributed by atoms with E-state index in [1.165, 1.54) is 0 Å². The van der Waals surface area contributed by atoms with Crippen LogP contribution in [-0.2, 0) is 20.0 Å². The second-order valence-corrected chi connectivity index (χ2v) is 6.56. The third-order valence-electron chi connectivity index (χ3n) is 2.37. The predicted molar refractivity (Wildman–Crippen MR) is 66.8 cm³/mol. The zero-order valence-corrected chi connectivity index (χ0v) is 10.4. The molecule has 0 radical (unpaired) electrons. The molecule has 0 heterocycles. The van der Waals surface area contributed by atoms with E-state index in [0.29, 0.717) is 12.1 Å². The molecule has 0 spiro atoms. The first-order chi connectivity index (χ1) is 6.86. The SMILES string of the molecule is CCC(c1ccc(N)cc1C)S(=O)(O)=S. The van der Waals surface area contributed by atoms with Crippen molar-refractivity contribution < 1.29 is 8.76 Å². The quantitative estimate of drug-likeness (QED) is 0.802. The first-order valence-electron chi connectivity index (χ1n) is 4.68. The van der Waals surface area contributed by atoms with Crippen LogP contribution in [0.25, 0.3) is 0 Å². The molecule has 1 aromatic rings. The van der Waals surface area contributed by atoms with Gasteiger partial charge in [-0.25, -0.2) is 4.21 Å². The van der Waals surface area contributed by atoms with Gasteiger partial charge in [-0.05, 0) is 36.6 Å². The smallest absolute Gasteiger partial charge is 0.148 e. The highest BCUT2D eigenvalue weighted by Crippen LogP contribution is 2.28. The summed E-state index contributed by atoms with van der Waals surface area (Å²) in [6, 6.07) is 5.30. The van der Waals surface area contributed by atoms with E-state index in [2.05, 4.69) is 11.2 Å². The molecule has 2 atom stereocenters. The average Bonchev–Trinajstić information content (AvgIpc) is 2.07. The number of nitrogen functional groups attached to an aromatic ring is 1. The maximum atomic E-state index is 11.5. The Kier molecular flexibility index (Phi) is 3.70. The minimum absolute atomic E-state index is 0.493. The molecule has 0 aliphatic rings. The lowest BCUT2D eigenvalue weighted by Crippen LogP contribution is -2.11. The molecule has 3 N–H and O–H groups in total. The molecule has 3 nitrogen and oxygen atoms in total. The largest absolute Gasteiger partial charge is 0.399 e. The summed E-state index contributed by atoms with van der Waals surface area (Å²) in [5.74, 6) is 0. The van der Waals surface area contributed by atoms with Gasteiger partial charge in [-0.1, -0.05) is 13.0 Å². The van der Waals surface area contributed by atoms with E-state index < -0.39 is 14.0 Å². The number of rotatable bonds is 3. The van der Waals surface area contributed by atoms with Crippen LogP contribution in [0.2, 0.25) is 0 Å². The van der Waals surface area contributed by atoms with Gasteiger partial charge in [-0.3, -0.25) is 0 Å². The highest BCUT2D eigenvalue weighted by Gasteiger charge is 2.21. The van der Waals surface area contributed by atoms with Crippen molar-refractivity contribution in [3.05, 3.63) is 29.3 Å². The molecule has 0 fully saturated rings. The van der Waals surface area contributed by atoms with E-state index in [9.17, 15) is 8.76 Å². The van der Waals surface area contributed by atoms with Crippen molar-refractivity contribution in [2.24, 2.45) is 0 Å². The molecular weight excluding hydrogens is 230 g/mol. The summed E-state index contributed by atoms with van der Waals surface area (Å²) in [5, 5.41) is -0.493. The summed E-state index contributed by atoms with van der Waals surface area (Å²) < 4.78 is 20.9. The van der Waals surface area contributed by atoms with Crippen LogP contribution < -0.4 is 5.73 Å². The Morgan fingerprint density at radius 1 is 1.60 bits per heavy atom. The summed E-state index contributed by atoms with van der Waals surface area (Å²) in [5.41, 5.74) is 8.00. The second-order valence-electron chi connectivity index (χ2n) is 3.53. The van der Waals surface area contributed by atoms with Crippen molar-refractivity contribution in [2.75, 3.05) is 5.73 Å². The molecular formula is C10H15NO2S2. The van der Waals surface area contributed by atoms with Crippen LogP contribution in [0.15, 0.2) is 18.2 Å². The standard InChI is InChI=1S/C10H15NO2S2/c1-3-10(15(12,13)14)9-5-4-8(11)6-7(9)2/h4-6,10H,3,11H2,1-2H3,(H,12,13,14). The van der Waals surface area contributed by atoms with Crippen molar-refractivity contribution in [1.82, 2.24) is 0 Å². The Balaban J connectivity index is 3.25. The van der Waals surface area contributed by atoms with Gasteiger partial charge in [-0.15, -0.1) is 0 Å². The average molecular weight is 245 g/mol. The lowest BCUT2D eigenvalue weighted by Gasteiger charge is -2.17. The monoisotopic (exact) mass is 245 g/mol. The highest BCUT2D eigenvalue weighted by atomic mass is 32.8. The molecule has 0 aliphatic carbocycles. The Morgan fingerprint density at radius 2 is 2.20 bits per heavy atom. The van der Waals surface area contributed by atoms with Gasteiger partial charge < -0.3 is 10.3 Å². The number of anilines is 1. The number of benzene rings is 1. The Hall–Kier alpha value is -0.650. The molecule has 0 aromatic heterocycles. The lowest BCUT2D eigenvalue weighted by molar-refractivity contribution is 0.543. The number of nitrogens with two attached hydrogens (primary N) is 1. The minimum atomic E-state index is -3.21. The molecule has 0 bridgehead atoms. The third kappa shape index (κ3) is 2.90. The van der Waals surface area contributed by atoms with Gasteiger partial charge in [0.05, 0.1) is 5.25 Å². The van der Waals surface area contributed by atoms with Crippen molar-refractivity contribution in [1.29, 1.82) is 0 Å². The van der Waals surface area contributed by atoms with Gasteiger partial charge in [0.25, 0.3) is 0 Å². The van der Waals surface area contributed by atoms with Crippen LogP contribution >= 0.6 is 0 Å². The summed E-state index contributed by atoms with van der Waals surface area (Å²) in [6.07, 6.45) is 0.545. The fraction of sp³-hybridized carbons (Fsp3) is 0.400. The summed E-state index contributed by atoms with van der Waals surface area (Å²) in [4.78, 5) is 0. The highest BCUT2D eigenvalue weighted by molar-refractivity contribution is 8.29. The van der Waals surface area contributed by atoms with Gasteiger partial charge >= 0.3 is 0 Å². The molecule has 1 rings (SSSR count). The van der Waals surface area contributed by atoms with E-state index in [4.69, 9.17) is 5.73 Å². The summed E-state index contributed by atoms with van der Waals surface area (Å²) in [7, 11) is -3.21. The maximum absolute atomic E-state index is 11.5. The number of hydrogen-bond donors (Lipinski definition) is 2.